The molecule has 0 amide bonds. The van der Waals surface area contributed by atoms with Gasteiger partial charge in [-0.2, -0.15) is 132 Å². The molecule has 0 bridgehead atoms. The Hall–Kier alpha value is -3.68. The van der Waals surface area contributed by atoms with Gasteiger partial charge in [0.15, 0.2) is 0 Å². The third kappa shape index (κ3) is 9.68. The highest BCUT2D eigenvalue weighted by Gasteiger charge is 2.94. The second-order valence-electron chi connectivity index (χ2n) is 11.5. The van der Waals surface area contributed by atoms with Crippen LogP contribution in [0.4, 0.5) is 132 Å². The lowest BCUT2D eigenvalue weighted by Crippen LogP contribution is -2.72. The average molecular weight is 964 g/mol. The first-order valence-corrected chi connectivity index (χ1v) is 14.1. The molecule has 0 aromatic carbocycles. The van der Waals surface area contributed by atoms with Gasteiger partial charge in [-0.15, -0.1) is 0 Å². The second-order valence-corrected chi connectivity index (χ2v) is 11.5. The number of carboxylic acids is 1. The molecule has 0 radical (unpaired) electrons. The number of halogens is 30. The summed E-state index contributed by atoms with van der Waals surface area (Å²) >= 11 is 0. The lowest BCUT2D eigenvalue weighted by Gasteiger charge is -2.41. The van der Waals surface area contributed by atoms with Crippen molar-refractivity contribution >= 4 is 11.9 Å². The number of ether oxygens (including phenoxy) is 1. The zero-order valence-electron chi connectivity index (χ0n) is 28.1. The third-order valence-electron chi connectivity index (χ3n) is 7.03. The lowest BCUT2D eigenvalue weighted by atomic mass is 9.89. The minimum Gasteiger partial charge on any atom is -0.478 e. The summed E-state index contributed by atoms with van der Waals surface area (Å²) in [7, 11) is 0. The summed E-state index contributed by atoms with van der Waals surface area (Å²) in [5.74, 6) is -96.9. The molecule has 0 saturated carbocycles. The first-order chi connectivity index (χ1) is 25.7. The van der Waals surface area contributed by atoms with Gasteiger partial charge in [-0.1, -0.05) is 12.7 Å². The Labute approximate surface area is 311 Å². The number of allylic oxidation sites excluding steroid dienone is 1. The summed E-state index contributed by atoms with van der Waals surface area (Å²) in [4.78, 5) is 21.2. The fourth-order valence-electron chi connectivity index (χ4n) is 3.26. The predicted octanol–water partition coefficient (Wildman–Crippen LogP) is 12.0. The van der Waals surface area contributed by atoms with E-state index in [1.807, 2.05) is 0 Å². The predicted molar refractivity (Wildman–Crippen MR) is 132 cm³/mol. The molecule has 0 aliphatic rings. The van der Waals surface area contributed by atoms with Crippen LogP contribution in [-0.4, -0.2) is 107 Å². The zero-order chi connectivity index (χ0) is 49.6. The molecule has 0 unspecified atom stereocenters. The van der Waals surface area contributed by atoms with Gasteiger partial charge in [-0.05, 0) is 20.3 Å². The van der Waals surface area contributed by atoms with Gasteiger partial charge in [0.25, 0.3) is 0 Å². The maximum atomic E-state index is 13.4. The summed E-state index contributed by atoms with van der Waals surface area (Å²) in [5, 5.41) is 8.37. The monoisotopic (exact) mass is 964 g/mol. The van der Waals surface area contributed by atoms with E-state index in [0.717, 1.165) is 6.92 Å². The van der Waals surface area contributed by atoms with Crippen LogP contribution in [0.3, 0.4) is 0 Å². The average Bonchev–Trinajstić information content (AvgIpc) is 3.02. The molecule has 60 heavy (non-hydrogen) atoms. The number of alkyl halides is 30. The van der Waals surface area contributed by atoms with Crippen LogP contribution in [0.2, 0.25) is 0 Å². The highest BCUT2D eigenvalue weighted by molar-refractivity contribution is 5.87. The Bertz CT molecular complexity index is 1570. The van der Waals surface area contributed by atoms with Crippen LogP contribution in [0.5, 0.6) is 0 Å². The summed E-state index contributed by atoms with van der Waals surface area (Å²) in [6.45, 7) is 2.58. The Kier molecular flexibility index (Phi) is 16.4. The van der Waals surface area contributed by atoms with Crippen LogP contribution in [0, 0.1) is 0 Å². The van der Waals surface area contributed by atoms with E-state index >= 15 is 0 Å². The maximum absolute atomic E-state index is 13.4. The topological polar surface area (TPSA) is 63.6 Å². The van der Waals surface area contributed by atoms with E-state index in [9.17, 15) is 141 Å². The highest BCUT2D eigenvalue weighted by atomic mass is 19.4. The zero-order valence-corrected chi connectivity index (χ0v) is 28.1. The molecule has 0 spiro atoms. The van der Waals surface area contributed by atoms with Gasteiger partial charge in [0.05, 0.1) is 13.0 Å². The van der Waals surface area contributed by atoms with Gasteiger partial charge >= 0.3 is 95.4 Å². The van der Waals surface area contributed by atoms with Gasteiger partial charge in [0, 0.05) is 17.6 Å². The van der Waals surface area contributed by atoms with Crippen molar-refractivity contribution in [3.05, 3.63) is 23.8 Å². The molecule has 0 heterocycles. The number of carboxylic acid groups (broad SMARTS) is 1. The van der Waals surface area contributed by atoms with Crippen LogP contribution in [0.1, 0.15) is 33.1 Å². The molecule has 34 heteroatoms. The fraction of sp³-hybridized carbons (Fsp3) is 0.769. The number of hydrogen-bond donors (Lipinski definition) is 1. The summed E-state index contributed by atoms with van der Waals surface area (Å²) < 4.78 is 391. The van der Waals surface area contributed by atoms with Gasteiger partial charge < -0.3 is 9.84 Å². The summed E-state index contributed by atoms with van der Waals surface area (Å²) in [5.41, 5.74) is -1.35. The molecule has 0 rings (SSSR count). The van der Waals surface area contributed by atoms with Gasteiger partial charge in [0.1, 0.15) is 0 Å². The number of rotatable bonds is 18. The SMILES string of the molecule is C=C(C)C(=O)OCCC(F)(F)C(F)(F)C(F)(F)C(F)(F)C(F)(F)C(F)(F)C(F)(F)F.CC(=CCCC(F)(F)C(F)(F)C(F)(F)C(F)(F)C(F)(F)C(F)(F)C(F)(F)F)C(=O)O. The van der Waals surface area contributed by atoms with E-state index in [1.54, 1.807) is 0 Å². The van der Waals surface area contributed by atoms with Crippen molar-refractivity contribution in [1.82, 2.24) is 0 Å². The molecule has 0 aromatic rings. The molecule has 0 aliphatic heterocycles. The maximum Gasteiger partial charge on any atom is 0.460 e. The normalized spacial score (nSPS) is 15.6. The molecule has 0 atom stereocenters. The van der Waals surface area contributed by atoms with Crippen LogP contribution in [0.15, 0.2) is 23.8 Å². The minimum atomic E-state index is -8.33. The number of hydrogen-bond acceptors (Lipinski definition) is 3. The Morgan fingerprint density at radius 1 is 0.450 bits per heavy atom. The standard InChI is InChI=1S/2C13H9F15O2/c1-5(2)6(29)30-4-3-7(14,15)8(16,17)9(18,19)10(20,21)11(22,23)12(24,25)13(26,27)28;1-5(6(29)30)3-2-4-7(14,15)8(16,17)9(18,19)10(20,21)11(22,23)12(24,25)13(26,27)28/h1,3-4H2,2H3;3H,2,4H2,1H3,(H,29,30). The number of aliphatic carboxylic acids is 1. The number of carbonyl (C=O) groups is 2. The number of esters is 1. The minimum absolute atomic E-state index is 0.217. The first kappa shape index (κ1) is 58.4. The Balaban J connectivity index is 0. The molecular weight excluding hydrogens is 946 g/mol. The molecular formula is C26H18F30O4. The van der Waals surface area contributed by atoms with Gasteiger partial charge in [0.2, 0.25) is 0 Å². The summed E-state index contributed by atoms with van der Waals surface area (Å²) in [6.07, 6.45) is -21.9. The first-order valence-electron chi connectivity index (χ1n) is 14.1. The van der Waals surface area contributed by atoms with Crippen LogP contribution in [0.25, 0.3) is 0 Å². The van der Waals surface area contributed by atoms with Crippen molar-refractivity contribution in [2.45, 2.75) is 117 Å². The van der Waals surface area contributed by atoms with Crippen LogP contribution >= 0.6 is 0 Å². The van der Waals surface area contributed by atoms with Gasteiger partial charge in [-0.25, -0.2) is 9.59 Å². The van der Waals surface area contributed by atoms with Crippen molar-refractivity contribution in [1.29, 1.82) is 0 Å². The van der Waals surface area contributed by atoms with E-state index in [0.29, 0.717) is 6.92 Å². The van der Waals surface area contributed by atoms with Crippen molar-refractivity contribution in [3.8, 4) is 0 Å². The third-order valence-corrected chi connectivity index (χ3v) is 7.03. The highest BCUT2D eigenvalue weighted by Crippen LogP contribution is 2.64. The van der Waals surface area contributed by atoms with Gasteiger partial charge in [-0.3, -0.25) is 0 Å². The molecule has 0 fully saturated rings. The second kappa shape index (κ2) is 16.9. The molecule has 4 nitrogen and oxygen atoms in total. The van der Waals surface area contributed by atoms with Crippen LogP contribution in [-0.2, 0) is 14.3 Å². The van der Waals surface area contributed by atoms with E-state index in [4.69, 9.17) is 5.11 Å². The van der Waals surface area contributed by atoms with Crippen molar-refractivity contribution in [2.24, 2.45) is 0 Å². The van der Waals surface area contributed by atoms with E-state index < -0.39 is 132 Å². The van der Waals surface area contributed by atoms with E-state index in [2.05, 4.69) is 11.3 Å². The quantitative estimate of drug-likeness (QED) is 0.0845. The summed E-state index contributed by atoms with van der Waals surface area (Å²) in [6, 6.07) is 0. The lowest BCUT2D eigenvalue weighted by molar-refractivity contribution is -0.452. The number of carbonyl (C=O) groups excluding carboxylic acids is 1. The van der Waals surface area contributed by atoms with Crippen molar-refractivity contribution in [2.75, 3.05) is 6.61 Å². The largest absolute Gasteiger partial charge is 0.478 e. The van der Waals surface area contributed by atoms with Crippen LogP contribution < -0.4 is 0 Å². The molecule has 0 saturated heterocycles. The fourth-order valence-corrected chi connectivity index (χ4v) is 3.26. The smallest absolute Gasteiger partial charge is 0.460 e. The molecule has 0 aliphatic carbocycles. The van der Waals surface area contributed by atoms with Crippen molar-refractivity contribution < 1.29 is 151 Å². The van der Waals surface area contributed by atoms with E-state index in [-0.39, 0.29) is 6.08 Å². The molecule has 0 aromatic heterocycles. The Morgan fingerprint density at radius 3 is 0.950 bits per heavy atom. The van der Waals surface area contributed by atoms with Crippen molar-refractivity contribution in [3.63, 3.8) is 0 Å². The molecule has 356 valence electrons. The molecule has 1 N–H and O–H groups in total. The van der Waals surface area contributed by atoms with E-state index in [1.165, 1.54) is 0 Å². The Morgan fingerprint density at radius 2 is 0.700 bits per heavy atom.